The Bertz CT molecular complexity index is 1420. The van der Waals surface area contributed by atoms with E-state index in [1.165, 1.54) is 36.4 Å². The maximum Gasteiger partial charge on any atom is 0.335 e. The average Bonchev–Trinajstić information content (AvgIpc) is 3.64. The van der Waals surface area contributed by atoms with Gasteiger partial charge in [-0.15, -0.1) is 0 Å². The number of rotatable bonds is 8. The number of pyridine rings is 1. The Kier molecular flexibility index (Phi) is 7.09. The molecule has 3 aromatic rings. The lowest BCUT2D eigenvalue weighted by Crippen LogP contribution is -2.40. The van der Waals surface area contributed by atoms with Crippen molar-refractivity contribution >= 4 is 29.2 Å². The van der Waals surface area contributed by atoms with E-state index in [0.717, 1.165) is 18.3 Å². The van der Waals surface area contributed by atoms with Gasteiger partial charge in [0.1, 0.15) is 11.7 Å². The lowest BCUT2D eigenvalue weighted by atomic mass is 9.88. The first-order chi connectivity index (χ1) is 17.5. The molecule has 7 nitrogen and oxygen atoms in total. The normalized spacial score (nSPS) is 14.6. The number of alkyl halides is 2. The number of hydrogen-bond donors (Lipinski definition) is 3. The van der Waals surface area contributed by atoms with Crippen molar-refractivity contribution in [2.24, 2.45) is 5.41 Å². The monoisotopic (exact) mass is 530 g/mol. The van der Waals surface area contributed by atoms with Crippen LogP contribution in [0.3, 0.4) is 0 Å². The van der Waals surface area contributed by atoms with Crippen LogP contribution in [0.2, 0.25) is 5.02 Å². The number of carboxylic acid groups (broad SMARTS) is 1. The van der Waals surface area contributed by atoms with Gasteiger partial charge in [-0.1, -0.05) is 17.7 Å². The predicted molar refractivity (Wildman–Crippen MR) is 126 cm³/mol. The number of carbonyl (C=O) groups excluding carboxylic acids is 1. The van der Waals surface area contributed by atoms with E-state index in [0.29, 0.717) is 23.3 Å². The molecule has 1 aliphatic carbocycles. The number of nitrogens with zero attached hydrogens (tertiary/aromatic N) is 2. The average molecular weight is 531 g/mol. The van der Waals surface area contributed by atoms with Gasteiger partial charge in [0, 0.05) is 27.6 Å². The molecular formula is C26H20ClF3N3O4+. The molecule has 1 aliphatic rings. The number of nitriles is 1. The maximum atomic E-state index is 14.7. The van der Waals surface area contributed by atoms with Gasteiger partial charge in [-0.2, -0.15) is 5.26 Å². The number of nitrogens with one attached hydrogen (secondary N) is 1. The van der Waals surface area contributed by atoms with Crippen LogP contribution in [0.15, 0.2) is 54.7 Å². The van der Waals surface area contributed by atoms with Gasteiger partial charge in [-0.25, -0.2) is 18.0 Å². The van der Waals surface area contributed by atoms with E-state index in [-0.39, 0.29) is 28.3 Å². The van der Waals surface area contributed by atoms with Gasteiger partial charge in [0.25, 0.3) is 6.43 Å². The summed E-state index contributed by atoms with van der Waals surface area (Å²) in [7, 11) is 0. The molecule has 0 bridgehead atoms. The van der Waals surface area contributed by atoms with E-state index >= 15 is 0 Å². The third kappa shape index (κ3) is 5.37. The van der Waals surface area contributed by atoms with Crippen molar-refractivity contribution in [1.82, 2.24) is 0 Å². The van der Waals surface area contributed by atoms with Crippen LogP contribution in [-0.2, 0) is 4.79 Å². The minimum atomic E-state index is -3.01. The van der Waals surface area contributed by atoms with E-state index in [4.69, 9.17) is 16.7 Å². The third-order valence-electron chi connectivity index (χ3n) is 6.37. The second-order valence-corrected chi connectivity index (χ2v) is 9.24. The van der Waals surface area contributed by atoms with Crippen LogP contribution in [0.25, 0.3) is 11.1 Å². The number of carbonyl (C=O) groups is 2. The predicted octanol–water partition coefficient (Wildman–Crippen LogP) is 5.72. The smallest absolute Gasteiger partial charge is 0.335 e. The highest BCUT2D eigenvalue weighted by Crippen LogP contribution is 2.51. The zero-order chi connectivity index (χ0) is 26.9. The molecule has 1 heterocycles. The Labute approximate surface area is 214 Å². The van der Waals surface area contributed by atoms with E-state index < -0.39 is 46.6 Å². The molecule has 1 atom stereocenters. The van der Waals surface area contributed by atoms with E-state index in [1.807, 2.05) is 0 Å². The molecule has 1 fully saturated rings. The van der Waals surface area contributed by atoms with E-state index in [9.17, 15) is 33.2 Å². The van der Waals surface area contributed by atoms with Gasteiger partial charge in [0.15, 0.2) is 0 Å². The molecule has 0 saturated heterocycles. The van der Waals surface area contributed by atoms with Crippen molar-refractivity contribution in [3.63, 3.8) is 0 Å². The molecule has 2 aromatic carbocycles. The zero-order valence-electron chi connectivity index (χ0n) is 19.1. The van der Waals surface area contributed by atoms with Gasteiger partial charge >= 0.3 is 5.97 Å². The second-order valence-electron chi connectivity index (χ2n) is 8.83. The van der Waals surface area contributed by atoms with Crippen molar-refractivity contribution in [2.75, 3.05) is 5.32 Å². The molecule has 11 heteroatoms. The number of amides is 1. The summed E-state index contributed by atoms with van der Waals surface area (Å²) in [5.74, 6) is -3.83. The first-order valence-corrected chi connectivity index (χ1v) is 11.5. The van der Waals surface area contributed by atoms with Crippen LogP contribution >= 0.6 is 11.6 Å². The molecule has 0 spiro atoms. The van der Waals surface area contributed by atoms with Crippen LogP contribution in [0.1, 0.15) is 53.2 Å². The number of aromatic nitrogens is 1. The summed E-state index contributed by atoms with van der Waals surface area (Å²) in [6.45, 7) is 0. The first-order valence-electron chi connectivity index (χ1n) is 11.1. The Hall–Kier alpha value is -4.10. The summed E-state index contributed by atoms with van der Waals surface area (Å²) in [6.07, 6.45) is -0.810. The summed E-state index contributed by atoms with van der Waals surface area (Å²) >= 11 is 5.80. The SMILES string of the molecule is N#CC1(CC(C(=O)Nc2ccc(C(=O)O)cc2)c2ccc(-c3c(C(F)F)ccc(Cl)c3F)c[n+]2O)CC1. The van der Waals surface area contributed by atoms with Crippen molar-refractivity contribution in [1.29, 1.82) is 5.26 Å². The standard InChI is InChI=1S/C26H19ClF3N3O4/c27-19-7-6-17(23(29)30)21(22(19)28)15-3-8-20(33(37)12-15)18(11-26(13-31)9-10-26)24(34)32-16-4-1-14(2-5-16)25(35)36/h1-8,12,18,23H,9-11H2,(H2-,32,34,35,36,37)/p+1. The first kappa shape index (κ1) is 26.0. The van der Waals surface area contributed by atoms with Crippen molar-refractivity contribution in [3.8, 4) is 17.2 Å². The Morgan fingerprint density at radius 2 is 1.81 bits per heavy atom. The van der Waals surface area contributed by atoms with Gasteiger partial charge in [-0.3, -0.25) is 10.0 Å². The Morgan fingerprint density at radius 1 is 1.14 bits per heavy atom. The largest absolute Gasteiger partial charge is 0.478 e. The van der Waals surface area contributed by atoms with Crippen LogP contribution in [-0.4, -0.2) is 22.2 Å². The fourth-order valence-electron chi connectivity index (χ4n) is 4.13. The van der Waals surface area contributed by atoms with Gasteiger partial charge in [0.2, 0.25) is 17.8 Å². The van der Waals surface area contributed by atoms with Crippen molar-refractivity contribution in [2.45, 2.75) is 31.6 Å². The molecule has 1 saturated carbocycles. The van der Waals surface area contributed by atoms with Crippen LogP contribution in [0, 0.1) is 22.6 Å². The Balaban J connectivity index is 1.70. The molecule has 0 aliphatic heterocycles. The zero-order valence-corrected chi connectivity index (χ0v) is 19.8. The van der Waals surface area contributed by atoms with Gasteiger partial charge in [0.05, 0.1) is 27.6 Å². The van der Waals surface area contributed by atoms with Gasteiger partial charge in [-0.05, 0) is 55.7 Å². The maximum absolute atomic E-state index is 14.7. The summed E-state index contributed by atoms with van der Waals surface area (Å²) in [5, 5.41) is 31.7. The quantitative estimate of drug-likeness (QED) is 0.254. The molecule has 190 valence electrons. The highest BCUT2D eigenvalue weighted by molar-refractivity contribution is 6.31. The highest BCUT2D eigenvalue weighted by Gasteiger charge is 2.48. The topological polar surface area (TPSA) is 114 Å². The highest BCUT2D eigenvalue weighted by atomic mass is 35.5. The molecule has 0 radical (unpaired) electrons. The summed E-state index contributed by atoms with van der Waals surface area (Å²) in [4.78, 5) is 24.3. The van der Waals surface area contributed by atoms with Crippen LogP contribution < -0.4 is 10.0 Å². The minimum absolute atomic E-state index is 0.0242. The van der Waals surface area contributed by atoms with Gasteiger partial charge < -0.3 is 10.4 Å². The van der Waals surface area contributed by atoms with Crippen LogP contribution in [0.5, 0.6) is 0 Å². The molecular weight excluding hydrogens is 511 g/mol. The van der Waals surface area contributed by atoms with Crippen molar-refractivity contribution in [3.05, 3.63) is 82.4 Å². The summed E-state index contributed by atoms with van der Waals surface area (Å²) in [5.41, 5.74) is -1.58. The fourth-order valence-corrected chi connectivity index (χ4v) is 4.28. The lowest BCUT2D eigenvalue weighted by Gasteiger charge is -2.17. The molecule has 1 aromatic heterocycles. The lowest BCUT2D eigenvalue weighted by molar-refractivity contribution is -0.909. The van der Waals surface area contributed by atoms with Crippen LogP contribution in [0.4, 0.5) is 18.9 Å². The number of hydrogen-bond acceptors (Lipinski definition) is 4. The molecule has 1 unspecified atom stereocenters. The number of aromatic carboxylic acids is 1. The number of carboxylic acids is 1. The summed E-state index contributed by atoms with van der Waals surface area (Å²) in [6, 6.07) is 12.2. The number of anilines is 1. The number of benzene rings is 2. The molecule has 1 amide bonds. The fraction of sp³-hybridized carbons (Fsp3) is 0.231. The third-order valence-corrected chi connectivity index (χ3v) is 6.66. The Morgan fingerprint density at radius 3 is 2.35 bits per heavy atom. The molecule has 4 rings (SSSR count). The molecule has 3 N–H and O–H groups in total. The minimum Gasteiger partial charge on any atom is -0.478 e. The van der Waals surface area contributed by atoms with E-state index in [1.54, 1.807) is 0 Å². The van der Waals surface area contributed by atoms with Crippen molar-refractivity contribution < 1.29 is 37.8 Å². The van der Waals surface area contributed by atoms with E-state index in [2.05, 4.69) is 11.4 Å². The molecule has 37 heavy (non-hydrogen) atoms. The number of halogens is 4. The summed E-state index contributed by atoms with van der Waals surface area (Å²) < 4.78 is 42.4. The second kappa shape index (κ2) is 10.1.